The number of ketones is 1. The molecule has 0 N–H and O–H groups in total. The second kappa shape index (κ2) is 3.56. The molecule has 0 saturated heterocycles. The van der Waals surface area contributed by atoms with Crippen LogP contribution < -0.4 is 0 Å². The smallest absolute Gasteiger partial charge is 0.200 e. The molecule has 0 saturated carbocycles. The lowest BCUT2D eigenvalue weighted by Gasteiger charge is -2.15. The number of carbonyl (C=O) groups is 1. The van der Waals surface area contributed by atoms with Crippen molar-refractivity contribution in [3.05, 3.63) is 45.8 Å². The molecule has 1 aliphatic rings. The highest BCUT2D eigenvalue weighted by Gasteiger charge is 2.21. The number of Topliss-reactive ketones (excluding diaryl/α,β-unsaturated/α-hetero) is 1. The zero-order chi connectivity index (χ0) is 9.26. The number of halogens is 1. The molecule has 2 rings (SSSR count). The fourth-order valence-corrected chi connectivity index (χ4v) is 2.46. The van der Waals surface area contributed by atoms with Crippen molar-refractivity contribution in [2.45, 2.75) is 5.75 Å². The van der Waals surface area contributed by atoms with Crippen molar-refractivity contribution < 1.29 is 4.79 Å². The molecule has 0 spiro atoms. The van der Waals surface area contributed by atoms with Crippen LogP contribution in [0, 0.1) is 0 Å². The Morgan fingerprint density at radius 3 is 2.92 bits per heavy atom. The van der Waals surface area contributed by atoms with Gasteiger partial charge in [0.05, 0.1) is 4.91 Å². The van der Waals surface area contributed by atoms with Crippen LogP contribution in [0.2, 0.25) is 0 Å². The van der Waals surface area contributed by atoms with Crippen LogP contribution in [0.3, 0.4) is 0 Å². The normalized spacial score (nSPS) is 18.8. The molecule has 0 amide bonds. The molecule has 0 atom stereocenters. The zero-order valence-corrected chi connectivity index (χ0v) is 8.36. The van der Waals surface area contributed by atoms with Gasteiger partial charge in [0.1, 0.15) is 0 Å². The minimum Gasteiger partial charge on any atom is -0.288 e. The lowest BCUT2D eigenvalue weighted by Crippen LogP contribution is -2.09. The standard InChI is InChI=1S/C10H7ClOS/c11-5-9-10(12)8-4-2-1-3-7(8)6-13-9/h1-5H,6H2/b9-5-. The first-order valence-corrected chi connectivity index (χ1v) is 5.31. The highest BCUT2D eigenvalue weighted by atomic mass is 35.5. The van der Waals surface area contributed by atoms with E-state index in [1.165, 1.54) is 17.3 Å². The van der Waals surface area contributed by atoms with Crippen molar-refractivity contribution in [1.29, 1.82) is 0 Å². The van der Waals surface area contributed by atoms with Gasteiger partial charge in [-0.2, -0.15) is 0 Å². The number of allylic oxidation sites excluding steroid dienone is 1. The average molecular weight is 211 g/mol. The third kappa shape index (κ3) is 1.52. The summed E-state index contributed by atoms with van der Waals surface area (Å²) < 4.78 is 0. The molecule has 0 fully saturated rings. The molecule has 1 aromatic rings. The van der Waals surface area contributed by atoms with E-state index in [0.717, 1.165) is 16.9 Å². The fraction of sp³-hybridized carbons (Fsp3) is 0.100. The summed E-state index contributed by atoms with van der Waals surface area (Å²) in [6, 6.07) is 7.64. The highest BCUT2D eigenvalue weighted by molar-refractivity contribution is 8.03. The van der Waals surface area contributed by atoms with E-state index in [1.54, 1.807) is 0 Å². The number of carbonyl (C=O) groups excluding carboxylic acids is 1. The number of fused-ring (bicyclic) bond motifs is 1. The molecule has 0 aromatic heterocycles. The van der Waals surface area contributed by atoms with E-state index in [2.05, 4.69) is 0 Å². The maximum Gasteiger partial charge on any atom is 0.200 e. The third-order valence-corrected chi connectivity index (χ3v) is 3.39. The van der Waals surface area contributed by atoms with Gasteiger partial charge in [-0.3, -0.25) is 4.79 Å². The molecule has 0 unspecified atom stereocenters. The van der Waals surface area contributed by atoms with Gasteiger partial charge < -0.3 is 0 Å². The molecular formula is C10H7ClOS. The minimum atomic E-state index is 0.0434. The van der Waals surface area contributed by atoms with Crippen LogP contribution in [-0.4, -0.2) is 5.78 Å². The van der Waals surface area contributed by atoms with Gasteiger partial charge in [0.2, 0.25) is 5.78 Å². The SMILES string of the molecule is O=C1/C(=C/Cl)SCc2ccccc21. The molecule has 0 aliphatic carbocycles. The lowest BCUT2D eigenvalue weighted by molar-refractivity contribution is 0.104. The Balaban J connectivity index is 2.51. The van der Waals surface area contributed by atoms with Crippen molar-refractivity contribution in [3.63, 3.8) is 0 Å². The van der Waals surface area contributed by atoms with Crippen LogP contribution in [0.15, 0.2) is 34.7 Å². The van der Waals surface area contributed by atoms with Crippen molar-refractivity contribution >= 4 is 29.1 Å². The molecule has 1 heterocycles. The first-order valence-electron chi connectivity index (χ1n) is 3.88. The predicted octanol–water partition coefficient (Wildman–Crippen LogP) is 3.20. The Labute approximate surface area is 85.8 Å². The van der Waals surface area contributed by atoms with Crippen molar-refractivity contribution in [1.82, 2.24) is 0 Å². The third-order valence-electron chi connectivity index (χ3n) is 1.97. The van der Waals surface area contributed by atoms with Crippen LogP contribution in [0.25, 0.3) is 0 Å². The van der Waals surface area contributed by atoms with E-state index in [0.29, 0.717) is 4.91 Å². The minimum absolute atomic E-state index is 0.0434. The van der Waals surface area contributed by atoms with Crippen LogP contribution >= 0.6 is 23.4 Å². The quantitative estimate of drug-likeness (QED) is 0.612. The van der Waals surface area contributed by atoms with Gasteiger partial charge in [-0.15, -0.1) is 11.8 Å². The Hall–Kier alpha value is -0.730. The number of hydrogen-bond acceptors (Lipinski definition) is 2. The largest absolute Gasteiger partial charge is 0.288 e. The second-order valence-electron chi connectivity index (χ2n) is 2.75. The first-order chi connectivity index (χ1) is 6.33. The van der Waals surface area contributed by atoms with Crippen molar-refractivity contribution in [2.24, 2.45) is 0 Å². The average Bonchev–Trinajstić information content (AvgIpc) is 2.19. The summed E-state index contributed by atoms with van der Waals surface area (Å²) in [6.07, 6.45) is 0. The van der Waals surface area contributed by atoms with E-state index < -0.39 is 0 Å². The van der Waals surface area contributed by atoms with E-state index in [9.17, 15) is 4.79 Å². The molecule has 1 aromatic carbocycles. The molecule has 1 nitrogen and oxygen atoms in total. The van der Waals surface area contributed by atoms with Crippen LogP contribution in [0.1, 0.15) is 15.9 Å². The maximum absolute atomic E-state index is 11.7. The highest BCUT2D eigenvalue weighted by Crippen LogP contribution is 2.32. The van der Waals surface area contributed by atoms with Gasteiger partial charge in [0.25, 0.3) is 0 Å². The molecule has 3 heteroatoms. The number of benzene rings is 1. The van der Waals surface area contributed by atoms with Crippen LogP contribution in [-0.2, 0) is 5.75 Å². The van der Waals surface area contributed by atoms with Gasteiger partial charge >= 0.3 is 0 Å². The first kappa shape index (κ1) is 8.85. The van der Waals surface area contributed by atoms with Crippen LogP contribution in [0.4, 0.5) is 0 Å². The topological polar surface area (TPSA) is 17.1 Å². The van der Waals surface area contributed by atoms with E-state index >= 15 is 0 Å². The Kier molecular flexibility index (Phi) is 2.42. The molecule has 13 heavy (non-hydrogen) atoms. The summed E-state index contributed by atoms with van der Waals surface area (Å²) in [5, 5.41) is 0. The Morgan fingerprint density at radius 2 is 2.15 bits per heavy atom. The zero-order valence-electron chi connectivity index (χ0n) is 6.79. The van der Waals surface area contributed by atoms with E-state index in [-0.39, 0.29) is 5.78 Å². The van der Waals surface area contributed by atoms with Crippen molar-refractivity contribution in [2.75, 3.05) is 0 Å². The fourth-order valence-electron chi connectivity index (χ4n) is 1.30. The van der Waals surface area contributed by atoms with E-state index in [4.69, 9.17) is 11.6 Å². The number of thioether (sulfide) groups is 1. The van der Waals surface area contributed by atoms with Gasteiger partial charge in [0, 0.05) is 16.9 Å². The summed E-state index contributed by atoms with van der Waals surface area (Å²) in [4.78, 5) is 12.3. The summed E-state index contributed by atoms with van der Waals surface area (Å²) in [6.45, 7) is 0. The monoisotopic (exact) mass is 210 g/mol. The van der Waals surface area contributed by atoms with Crippen LogP contribution in [0.5, 0.6) is 0 Å². The Morgan fingerprint density at radius 1 is 1.38 bits per heavy atom. The van der Waals surface area contributed by atoms with Gasteiger partial charge in [-0.05, 0) is 5.56 Å². The molecule has 0 radical (unpaired) electrons. The summed E-state index contributed by atoms with van der Waals surface area (Å²) >= 11 is 7.03. The molecule has 66 valence electrons. The summed E-state index contributed by atoms with van der Waals surface area (Å²) in [7, 11) is 0. The van der Waals surface area contributed by atoms with Gasteiger partial charge in [-0.25, -0.2) is 0 Å². The maximum atomic E-state index is 11.7. The predicted molar refractivity (Wildman–Crippen MR) is 56.0 cm³/mol. The van der Waals surface area contributed by atoms with E-state index in [1.807, 2.05) is 24.3 Å². The Bertz CT molecular complexity index is 384. The van der Waals surface area contributed by atoms with Gasteiger partial charge in [0.15, 0.2) is 0 Å². The second-order valence-corrected chi connectivity index (χ2v) is 3.98. The summed E-state index contributed by atoms with van der Waals surface area (Å²) in [5.41, 5.74) is 3.25. The van der Waals surface area contributed by atoms with Gasteiger partial charge in [-0.1, -0.05) is 35.9 Å². The lowest BCUT2D eigenvalue weighted by atomic mass is 10.0. The number of rotatable bonds is 0. The molecular weight excluding hydrogens is 204 g/mol. The molecule has 0 bridgehead atoms. The number of hydrogen-bond donors (Lipinski definition) is 0. The molecule has 1 aliphatic heterocycles. The van der Waals surface area contributed by atoms with Crippen molar-refractivity contribution in [3.8, 4) is 0 Å². The summed E-state index contributed by atoms with van der Waals surface area (Å²) in [5.74, 6) is 0.877.